The van der Waals surface area contributed by atoms with E-state index in [4.69, 9.17) is 29.0 Å². The van der Waals surface area contributed by atoms with Crippen LogP contribution in [0.4, 0.5) is 5.69 Å². The largest absolute Gasteiger partial charge is 0.497 e. The van der Waals surface area contributed by atoms with Gasteiger partial charge in [-0.3, -0.25) is 0 Å². The summed E-state index contributed by atoms with van der Waals surface area (Å²) in [6, 6.07) is 19.5. The molecule has 8 nitrogen and oxygen atoms in total. The second-order valence-corrected chi connectivity index (χ2v) is 8.81. The third-order valence-electron chi connectivity index (χ3n) is 5.86. The molecule has 2 aromatic heterocycles. The highest BCUT2D eigenvalue weighted by Gasteiger charge is 2.17. The van der Waals surface area contributed by atoms with Crippen molar-refractivity contribution in [1.82, 2.24) is 9.66 Å². The monoisotopic (exact) mass is 514 g/mol. The van der Waals surface area contributed by atoms with Crippen molar-refractivity contribution in [2.24, 2.45) is 10.1 Å². The molecule has 1 N–H and O–H groups in total. The average molecular weight is 515 g/mol. The quantitative estimate of drug-likeness (QED) is 0.264. The number of para-hydroxylation sites is 1. The molecule has 0 aliphatic rings. The van der Waals surface area contributed by atoms with Crippen molar-refractivity contribution in [2.75, 3.05) is 28.4 Å². The first kappa shape index (κ1) is 24.2. The maximum atomic E-state index is 5.59. The lowest BCUT2D eigenvalue weighted by Gasteiger charge is -2.14. The molecule has 37 heavy (non-hydrogen) atoms. The number of rotatable bonds is 8. The van der Waals surface area contributed by atoms with Crippen LogP contribution in [0, 0.1) is 0 Å². The standard InChI is InChI=1S/C28H26N4O4S/c1-33-21-9-7-8-20(14-21)31-28-32(30-16-19-15-29-23-11-6-5-10-22(19)23)24(17-37-28)18-12-25(34-2)27(36-4)26(13-18)35-3/h5-17,29H,1-4H3. The second-order valence-electron chi connectivity index (χ2n) is 7.98. The van der Waals surface area contributed by atoms with Gasteiger partial charge in [-0.25, -0.2) is 9.67 Å². The summed E-state index contributed by atoms with van der Waals surface area (Å²) in [5, 5.41) is 7.96. The van der Waals surface area contributed by atoms with Gasteiger partial charge in [0.2, 0.25) is 10.6 Å². The number of nitrogens with one attached hydrogen (secondary N) is 1. The number of hydrogen-bond acceptors (Lipinski definition) is 7. The normalized spacial score (nSPS) is 11.8. The van der Waals surface area contributed by atoms with Crippen LogP contribution in [-0.4, -0.2) is 44.3 Å². The molecule has 0 saturated heterocycles. The maximum Gasteiger partial charge on any atom is 0.211 e. The Morgan fingerprint density at radius 3 is 2.38 bits per heavy atom. The number of thiazole rings is 1. The molecule has 0 atom stereocenters. The van der Waals surface area contributed by atoms with Crippen LogP contribution in [0.2, 0.25) is 0 Å². The predicted octanol–water partition coefficient (Wildman–Crippen LogP) is 5.85. The van der Waals surface area contributed by atoms with E-state index in [1.54, 1.807) is 28.4 Å². The van der Waals surface area contributed by atoms with Gasteiger partial charge in [0.25, 0.3) is 0 Å². The first-order valence-electron chi connectivity index (χ1n) is 11.5. The van der Waals surface area contributed by atoms with Crippen LogP contribution in [0.1, 0.15) is 5.56 Å². The zero-order valence-corrected chi connectivity index (χ0v) is 21.7. The van der Waals surface area contributed by atoms with Crippen molar-refractivity contribution in [1.29, 1.82) is 0 Å². The van der Waals surface area contributed by atoms with Crippen LogP contribution in [0.25, 0.3) is 22.2 Å². The van der Waals surface area contributed by atoms with Gasteiger partial charge in [-0.05, 0) is 30.3 Å². The van der Waals surface area contributed by atoms with E-state index in [0.29, 0.717) is 22.0 Å². The highest BCUT2D eigenvalue weighted by Crippen LogP contribution is 2.41. The van der Waals surface area contributed by atoms with Crippen molar-refractivity contribution in [2.45, 2.75) is 0 Å². The molecular formula is C28H26N4O4S. The molecule has 0 unspecified atom stereocenters. The van der Waals surface area contributed by atoms with E-state index in [1.807, 2.05) is 77.1 Å². The first-order chi connectivity index (χ1) is 18.1. The number of aromatic nitrogens is 2. The number of nitrogens with zero attached hydrogens (tertiary/aromatic N) is 3. The zero-order chi connectivity index (χ0) is 25.8. The molecule has 0 radical (unpaired) electrons. The van der Waals surface area contributed by atoms with Gasteiger partial charge in [0, 0.05) is 39.7 Å². The first-order valence-corrected chi connectivity index (χ1v) is 12.3. The summed E-state index contributed by atoms with van der Waals surface area (Å²) < 4.78 is 23.9. The summed E-state index contributed by atoms with van der Waals surface area (Å²) in [5.41, 5.74) is 4.44. The van der Waals surface area contributed by atoms with E-state index in [-0.39, 0.29) is 0 Å². The maximum absolute atomic E-state index is 5.59. The molecule has 5 rings (SSSR count). The Morgan fingerprint density at radius 1 is 0.865 bits per heavy atom. The van der Waals surface area contributed by atoms with Gasteiger partial charge in [0.15, 0.2) is 11.5 Å². The smallest absolute Gasteiger partial charge is 0.211 e. The number of benzene rings is 3. The van der Waals surface area contributed by atoms with Crippen LogP contribution in [-0.2, 0) is 0 Å². The Bertz CT molecular complexity index is 1620. The van der Waals surface area contributed by atoms with Crippen LogP contribution in [0.5, 0.6) is 23.0 Å². The van der Waals surface area contributed by atoms with Crippen molar-refractivity contribution in [3.05, 3.63) is 82.6 Å². The minimum Gasteiger partial charge on any atom is -0.497 e. The van der Waals surface area contributed by atoms with Gasteiger partial charge in [-0.15, -0.1) is 11.3 Å². The molecule has 5 aromatic rings. The molecule has 0 bridgehead atoms. The lowest BCUT2D eigenvalue weighted by Crippen LogP contribution is -2.11. The number of fused-ring (bicyclic) bond motifs is 1. The average Bonchev–Trinajstić information content (AvgIpc) is 3.54. The molecule has 0 aliphatic carbocycles. The van der Waals surface area contributed by atoms with Gasteiger partial charge < -0.3 is 23.9 Å². The van der Waals surface area contributed by atoms with Gasteiger partial charge in [-0.2, -0.15) is 5.10 Å². The minimum absolute atomic E-state index is 0.527. The third kappa shape index (κ3) is 4.81. The second kappa shape index (κ2) is 10.6. The van der Waals surface area contributed by atoms with E-state index in [9.17, 15) is 0 Å². The van der Waals surface area contributed by atoms with E-state index in [1.165, 1.54) is 11.3 Å². The Morgan fingerprint density at radius 2 is 1.65 bits per heavy atom. The highest BCUT2D eigenvalue weighted by atomic mass is 32.1. The molecule has 0 amide bonds. The Balaban J connectivity index is 1.69. The number of H-pyrrole nitrogens is 1. The molecule has 0 fully saturated rings. The lowest BCUT2D eigenvalue weighted by atomic mass is 10.1. The summed E-state index contributed by atoms with van der Waals surface area (Å²) in [7, 11) is 6.42. The van der Waals surface area contributed by atoms with E-state index < -0.39 is 0 Å². The van der Waals surface area contributed by atoms with Crippen LogP contribution < -0.4 is 23.7 Å². The molecule has 0 spiro atoms. The summed E-state index contributed by atoms with van der Waals surface area (Å²) in [5.74, 6) is 2.37. The third-order valence-corrected chi connectivity index (χ3v) is 6.67. The molecular weight excluding hydrogens is 488 g/mol. The van der Waals surface area contributed by atoms with Gasteiger partial charge in [-0.1, -0.05) is 24.3 Å². The van der Waals surface area contributed by atoms with E-state index in [2.05, 4.69) is 11.1 Å². The SMILES string of the molecule is COc1cccc(N=c2scc(-c3cc(OC)c(OC)c(OC)c3)n2N=Cc2c[nH]c3ccccc23)c1. The summed E-state index contributed by atoms with van der Waals surface area (Å²) >= 11 is 1.48. The van der Waals surface area contributed by atoms with Gasteiger partial charge in [0.1, 0.15) is 5.75 Å². The number of aromatic amines is 1. The fourth-order valence-corrected chi connectivity index (χ4v) is 4.88. The van der Waals surface area contributed by atoms with Gasteiger partial charge >= 0.3 is 0 Å². The predicted molar refractivity (Wildman–Crippen MR) is 147 cm³/mol. The molecule has 9 heteroatoms. The lowest BCUT2D eigenvalue weighted by molar-refractivity contribution is 0.324. The Hall–Kier alpha value is -4.50. The summed E-state index contributed by atoms with van der Waals surface area (Å²) in [6.45, 7) is 0. The van der Waals surface area contributed by atoms with Gasteiger partial charge in [0.05, 0.1) is 46.0 Å². The van der Waals surface area contributed by atoms with Crippen LogP contribution >= 0.6 is 11.3 Å². The summed E-state index contributed by atoms with van der Waals surface area (Å²) in [4.78, 5) is 8.85. The van der Waals surface area contributed by atoms with Crippen molar-refractivity contribution in [3.63, 3.8) is 0 Å². The number of methoxy groups -OCH3 is 4. The molecule has 0 saturated carbocycles. The molecule has 0 aliphatic heterocycles. The fraction of sp³-hybridized carbons (Fsp3) is 0.143. The Labute approximate surface area is 218 Å². The fourth-order valence-electron chi connectivity index (χ4n) is 4.03. The molecule has 2 heterocycles. The molecule has 3 aromatic carbocycles. The summed E-state index contributed by atoms with van der Waals surface area (Å²) in [6.07, 6.45) is 3.77. The molecule has 188 valence electrons. The minimum atomic E-state index is 0.527. The van der Waals surface area contributed by atoms with Crippen LogP contribution in [0.15, 0.2) is 82.3 Å². The van der Waals surface area contributed by atoms with E-state index in [0.717, 1.165) is 39.2 Å². The van der Waals surface area contributed by atoms with Crippen molar-refractivity contribution < 1.29 is 18.9 Å². The number of ether oxygens (including phenoxy) is 4. The Kier molecular flexibility index (Phi) is 6.96. The number of hydrogen-bond donors (Lipinski definition) is 1. The van der Waals surface area contributed by atoms with Crippen molar-refractivity contribution >= 4 is 34.1 Å². The van der Waals surface area contributed by atoms with Crippen molar-refractivity contribution in [3.8, 4) is 34.3 Å². The van der Waals surface area contributed by atoms with E-state index >= 15 is 0 Å². The van der Waals surface area contributed by atoms with Crippen LogP contribution in [0.3, 0.4) is 0 Å². The highest BCUT2D eigenvalue weighted by molar-refractivity contribution is 7.07. The topological polar surface area (TPSA) is 82.4 Å². The zero-order valence-electron chi connectivity index (χ0n) is 20.9.